The fourth-order valence-corrected chi connectivity index (χ4v) is 4.47. The van der Waals surface area contributed by atoms with Gasteiger partial charge in [-0.05, 0) is 72.7 Å². The number of anilines is 2. The third-order valence-corrected chi connectivity index (χ3v) is 6.74. The van der Waals surface area contributed by atoms with Crippen molar-refractivity contribution in [3.05, 3.63) is 65.4 Å². The number of hydrogen-bond acceptors (Lipinski definition) is 11. The lowest BCUT2D eigenvalue weighted by Crippen LogP contribution is -2.28. The minimum atomic E-state index is -1.21. The quantitative estimate of drug-likeness (QED) is 0.156. The van der Waals surface area contributed by atoms with Gasteiger partial charge in [-0.2, -0.15) is 15.2 Å². The van der Waals surface area contributed by atoms with Gasteiger partial charge in [-0.25, -0.2) is 4.79 Å². The second-order valence-corrected chi connectivity index (χ2v) is 10.3. The van der Waals surface area contributed by atoms with Crippen LogP contribution in [0.4, 0.5) is 11.4 Å². The van der Waals surface area contributed by atoms with Crippen molar-refractivity contribution in [2.45, 2.75) is 39.0 Å². The van der Waals surface area contributed by atoms with E-state index in [0.717, 1.165) is 12.8 Å². The van der Waals surface area contributed by atoms with Crippen LogP contribution < -0.4 is 21.9 Å². The van der Waals surface area contributed by atoms with Crippen molar-refractivity contribution >= 4 is 34.7 Å². The van der Waals surface area contributed by atoms with Crippen molar-refractivity contribution in [2.24, 2.45) is 21.7 Å². The Morgan fingerprint density at radius 2 is 1.79 bits per heavy atom. The zero-order valence-corrected chi connectivity index (χ0v) is 24.4. The maximum absolute atomic E-state index is 13.1. The van der Waals surface area contributed by atoms with E-state index >= 15 is 0 Å². The Bertz CT molecular complexity index is 1500. The van der Waals surface area contributed by atoms with Gasteiger partial charge in [-0.15, -0.1) is 0 Å². The molecule has 1 aliphatic carbocycles. The molecule has 9 N–H and O–H groups in total. The van der Waals surface area contributed by atoms with E-state index in [1.54, 1.807) is 25.1 Å². The van der Waals surface area contributed by atoms with Gasteiger partial charge in [0.25, 0.3) is 0 Å². The Kier molecular flexibility index (Phi) is 11.2. The predicted octanol–water partition coefficient (Wildman–Crippen LogP) is 2.64. The number of nitrogens with one attached hydrogen (secondary N) is 1. The van der Waals surface area contributed by atoms with Crippen LogP contribution in [-0.2, 0) is 16.6 Å². The first-order chi connectivity index (χ1) is 20.5. The molecule has 3 aromatic rings. The highest BCUT2D eigenvalue weighted by molar-refractivity contribution is 6.71. The molecule has 0 radical (unpaired) electrons. The largest absolute Gasteiger partial charge is 0.505 e. The summed E-state index contributed by atoms with van der Waals surface area (Å²) in [6.07, 6.45) is 2.09. The van der Waals surface area contributed by atoms with Gasteiger partial charge in [-0.1, -0.05) is 26.0 Å². The molecular formula is C30H38N6O7. The maximum atomic E-state index is 13.1. The van der Waals surface area contributed by atoms with Crippen molar-refractivity contribution in [2.75, 3.05) is 36.7 Å². The fourth-order valence-electron chi connectivity index (χ4n) is 4.47. The highest BCUT2D eigenvalue weighted by Gasteiger charge is 2.34. The van der Waals surface area contributed by atoms with Crippen molar-refractivity contribution in [3.63, 3.8) is 0 Å². The summed E-state index contributed by atoms with van der Waals surface area (Å²) in [6.45, 7) is 7.04. The van der Waals surface area contributed by atoms with E-state index in [1.165, 1.54) is 28.3 Å². The molecule has 1 amide bonds. The Balaban J connectivity index is 0.000000566. The number of phenols is 1. The summed E-state index contributed by atoms with van der Waals surface area (Å²) in [5.74, 6) is -1.82. The zero-order valence-electron chi connectivity index (χ0n) is 24.4. The molecule has 0 spiro atoms. The molecule has 0 saturated heterocycles. The number of hydrazone groups is 2. The van der Waals surface area contributed by atoms with Crippen LogP contribution in [0.3, 0.4) is 0 Å². The van der Waals surface area contributed by atoms with Crippen LogP contribution >= 0.6 is 0 Å². The number of furan rings is 1. The summed E-state index contributed by atoms with van der Waals surface area (Å²) in [5, 5.41) is 45.2. The number of benzene rings is 2. The average Bonchev–Trinajstić information content (AvgIpc) is 3.69. The van der Waals surface area contributed by atoms with Crippen molar-refractivity contribution in [1.82, 2.24) is 0 Å². The number of fused-ring (bicyclic) bond motifs is 1. The second kappa shape index (κ2) is 14.6. The summed E-state index contributed by atoms with van der Waals surface area (Å²) in [4.78, 5) is 24.2. The Labute approximate surface area is 249 Å². The first kappa shape index (κ1) is 32.9. The lowest BCUT2D eigenvalue weighted by Gasteiger charge is -2.21. The standard InChI is InChI=1S/C26H24N4O5.2C2H7NO/c1-14-22(24(32)30(29-14)16-8-7-15-11-12-26(2,3)18(15)13-16)28-27-19-6-4-5-17(23(19)31)20-9-10-21(35-20)25(33)34;2*3-1-2-4/h4-10,13,27,31H,11-12H2,1-3H3,(H,33,34);2*4H,1-3H2/b28-22-;;. The second-order valence-electron chi connectivity index (χ2n) is 10.3. The third-order valence-electron chi connectivity index (χ3n) is 6.74. The number of phenolic OH excluding ortho intramolecular Hbond substituents is 1. The molecule has 0 fully saturated rings. The maximum Gasteiger partial charge on any atom is 0.371 e. The van der Waals surface area contributed by atoms with Crippen LogP contribution in [0.2, 0.25) is 0 Å². The Morgan fingerprint density at radius 3 is 2.40 bits per heavy atom. The molecular weight excluding hydrogens is 556 g/mol. The molecule has 2 aliphatic rings. The van der Waals surface area contributed by atoms with Crippen molar-refractivity contribution in [3.8, 4) is 17.1 Å². The van der Waals surface area contributed by atoms with Crippen LogP contribution in [-0.4, -0.2) is 70.0 Å². The molecule has 1 aromatic heterocycles. The number of hydrogen-bond donors (Lipinski definition) is 7. The summed E-state index contributed by atoms with van der Waals surface area (Å²) < 4.78 is 5.29. The van der Waals surface area contributed by atoms with E-state index < -0.39 is 5.97 Å². The molecule has 0 atom stereocenters. The number of aromatic carboxylic acids is 1. The molecule has 2 heterocycles. The predicted molar refractivity (Wildman–Crippen MR) is 164 cm³/mol. The topological polar surface area (TPSA) is 220 Å². The summed E-state index contributed by atoms with van der Waals surface area (Å²) in [5.41, 5.74) is 16.6. The van der Waals surface area contributed by atoms with Crippen LogP contribution in [0, 0.1) is 0 Å². The molecule has 43 heavy (non-hydrogen) atoms. The monoisotopic (exact) mass is 594 g/mol. The summed E-state index contributed by atoms with van der Waals surface area (Å²) in [6, 6.07) is 13.6. The number of aliphatic hydroxyl groups excluding tert-OH is 2. The molecule has 0 unspecified atom stereocenters. The van der Waals surface area contributed by atoms with E-state index in [1.807, 2.05) is 12.1 Å². The molecule has 5 rings (SSSR count). The van der Waals surface area contributed by atoms with Crippen molar-refractivity contribution < 1.29 is 34.4 Å². The Morgan fingerprint density at radius 1 is 1.12 bits per heavy atom. The van der Waals surface area contributed by atoms with Gasteiger partial charge in [0.1, 0.15) is 5.76 Å². The molecule has 13 nitrogen and oxygen atoms in total. The fraction of sp³-hybridized carbons (Fsp3) is 0.333. The summed E-state index contributed by atoms with van der Waals surface area (Å²) in [7, 11) is 0. The first-order valence-electron chi connectivity index (χ1n) is 13.6. The number of carbonyl (C=O) groups is 2. The minimum absolute atomic E-state index is 0.0487. The number of carboxylic acids is 1. The van der Waals surface area contributed by atoms with E-state index in [0.29, 0.717) is 24.5 Å². The van der Waals surface area contributed by atoms with Crippen LogP contribution in [0.1, 0.15) is 48.9 Å². The minimum Gasteiger partial charge on any atom is -0.505 e. The highest BCUT2D eigenvalue weighted by atomic mass is 16.4. The van der Waals surface area contributed by atoms with E-state index in [4.69, 9.17) is 31.2 Å². The van der Waals surface area contributed by atoms with Crippen molar-refractivity contribution in [1.29, 1.82) is 0 Å². The first-order valence-corrected chi connectivity index (χ1v) is 13.6. The number of amides is 1. The Hall–Kier alpha value is -4.56. The third kappa shape index (κ3) is 7.64. The number of carboxylic acid groups (broad SMARTS) is 1. The van der Waals surface area contributed by atoms with Gasteiger partial charge in [0.15, 0.2) is 11.5 Å². The van der Waals surface area contributed by atoms with Gasteiger partial charge < -0.3 is 36.3 Å². The van der Waals surface area contributed by atoms with Crippen LogP contribution in [0.25, 0.3) is 11.3 Å². The smallest absolute Gasteiger partial charge is 0.371 e. The molecule has 0 bridgehead atoms. The normalized spacial score (nSPS) is 15.7. The lowest BCUT2D eigenvalue weighted by atomic mass is 9.86. The molecule has 230 valence electrons. The number of carbonyl (C=O) groups excluding carboxylic acids is 1. The van der Waals surface area contributed by atoms with E-state index in [-0.39, 0.29) is 58.8 Å². The number of rotatable bonds is 7. The van der Waals surface area contributed by atoms with Gasteiger partial charge in [0, 0.05) is 13.1 Å². The van der Waals surface area contributed by atoms with Gasteiger partial charge >= 0.3 is 11.9 Å². The van der Waals surface area contributed by atoms with Gasteiger partial charge in [0.05, 0.1) is 35.9 Å². The molecule has 1 aliphatic heterocycles. The number of nitrogens with zero attached hydrogens (tertiary/aromatic N) is 3. The highest BCUT2D eigenvalue weighted by Crippen LogP contribution is 2.40. The van der Waals surface area contributed by atoms with Gasteiger partial charge in [0.2, 0.25) is 5.76 Å². The number of aryl methyl sites for hydroxylation is 1. The zero-order chi connectivity index (χ0) is 31.7. The van der Waals surface area contributed by atoms with E-state index in [9.17, 15) is 14.7 Å². The molecule has 2 aromatic carbocycles. The SMILES string of the molecule is CC1=NN(c2ccc3c(c2)C(C)(C)CC3)C(=O)/C1=N\Nc1cccc(-c2ccc(C(=O)O)o2)c1O.NCCO.NCCO. The molecule has 0 saturated carbocycles. The van der Waals surface area contributed by atoms with E-state index in [2.05, 4.69) is 35.5 Å². The number of aromatic hydroxyl groups is 1. The average molecular weight is 595 g/mol. The lowest BCUT2D eigenvalue weighted by molar-refractivity contribution is -0.112. The number of para-hydroxylation sites is 1. The van der Waals surface area contributed by atoms with Crippen LogP contribution in [0.5, 0.6) is 5.75 Å². The summed E-state index contributed by atoms with van der Waals surface area (Å²) >= 11 is 0. The number of aliphatic hydroxyl groups is 2. The number of nitrogens with two attached hydrogens (primary N) is 2. The van der Waals surface area contributed by atoms with Crippen LogP contribution in [0.15, 0.2) is 63.2 Å². The van der Waals surface area contributed by atoms with Gasteiger partial charge in [-0.3, -0.25) is 10.2 Å². The molecule has 13 heteroatoms.